The van der Waals surface area contributed by atoms with E-state index < -0.39 is 5.63 Å². The molecule has 1 aliphatic rings. The molecule has 1 aliphatic carbocycles. The Balaban J connectivity index is 1.41. The molecule has 5 aromatic rings. The van der Waals surface area contributed by atoms with Crippen molar-refractivity contribution in [2.45, 2.75) is 24.7 Å². The summed E-state index contributed by atoms with van der Waals surface area (Å²) >= 11 is 3.50. The van der Waals surface area contributed by atoms with E-state index in [-0.39, 0.29) is 17.6 Å². The lowest BCUT2D eigenvalue weighted by molar-refractivity contribution is 0.437. The van der Waals surface area contributed by atoms with Crippen molar-refractivity contribution in [3.63, 3.8) is 0 Å². The summed E-state index contributed by atoms with van der Waals surface area (Å²) in [6.07, 6.45) is 1.62. The van der Waals surface area contributed by atoms with E-state index in [2.05, 4.69) is 64.5 Å². The molecule has 2 atom stereocenters. The van der Waals surface area contributed by atoms with E-state index in [4.69, 9.17) is 4.42 Å². The van der Waals surface area contributed by atoms with Crippen molar-refractivity contribution in [2.75, 3.05) is 0 Å². The molecule has 0 radical (unpaired) electrons. The van der Waals surface area contributed by atoms with Crippen LogP contribution in [0.5, 0.6) is 5.75 Å². The van der Waals surface area contributed by atoms with Crippen molar-refractivity contribution in [2.24, 2.45) is 0 Å². The van der Waals surface area contributed by atoms with Crippen LogP contribution in [-0.4, -0.2) is 5.11 Å². The maximum absolute atomic E-state index is 13.1. The Labute approximate surface area is 211 Å². The van der Waals surface area contributed by atoms with Crippen LogP contribution in [0.3, 0.4) is 0 Å². The topological polar surface area (TPSA) is 50.4 Å². The highest BCUT2D eigenvalue weighted by atomic mass is 79.9. The summed E-state index contributed by atoms with van der Waals surface area (Å²) in [5.41, 5.74) is 6.16. The smallest absolute Gasteiger partial charge is 0.343 e. The Morgan fingerprint density at radius 1 is 0.800 bits per heavy atom. The van der Waals surface area contributed by atoms with Gasteiger partial charge in [-0.15, -0.1) is 0 Å². The van der Waals surface area contributed by atoms with Crippen LogP contribution in [0.1, 0.15) is 40.5 Å². The first-order valence-electron chi connectivity index (χ1n) is 11.8. The quantitative estimate of drug-likeness (QED) is 0.246. The molecule has 1 N–H and O–H groups in total. The third-order valence-electron chi connectivity index (χ3n) is 7.15. The fourth-order valence-electron chi connectivity index (χ4n) is 5.39. The summed E-state index contributed by atoms with van der Waals surface area (Å²) in [6.45, 7) is 0. The van der Waals surface area contributed by atoms with Crippen LogP contribution in [-0.2, 0) is 6.42 Å². The van der Waals surface area contributed by atoms with E-state index >= 15 is 0 Å². The summed E-state index contributed by atoms with van der Waals surface area (Å²) < 4.78 is 6.70. The van der Waals surface area contributed by atoms with Crippen LogP contribution in [0.15, 0.2) is 111 Å². The summed E-state index contributed by atoms with van der Waals surface area (Å²) in [4.78, 5) is 13.1. The van der Waals surface area contributed by atoms with Crippen molar-refractivity contribution < 1.29 is 9.52 Å². The van der Waals surface area contributed by atoms with Gasteiger partial charge in [-0.1, -0.05) is 88.7 Å². The van der Waals surface area contributed by atoms with Crippen LogP contribution in [0.25, 0.3) is 22.1 Å². The summed E-state index contributed by atoms with van der Waals surface area (Å²) in [5.74, 6) is 0.0129. The van der Waals surface area contributed by atoms with Crippen LogP contribution >= 0.6 is 15.9 Å². The first kappa shape index (κ1) is 21.9. The molecular formula is C31H23BrO3. The second kappa shape index (κ2) is 8.86. The third-order valence-corrected chi connectivity index (χ3v) is 7.67. The molecule has 0 saturated heterocycles. The zero-order chi connectivity index (χ0) is 23.9. The van der Waals surface area contributed by atoms with Gasteiger partial charge in [0.05, 0.1) is 10.9 Å². The number of hydrogen-bond acceptors (Lipinski definition) is 3. The van der Waals surface area contributed by atoms with Crippen molar-refractivity contribution in [3.05, 3.63) is 134 Å². The van der Waals surface area contributed by atoms with Gasteiger partial charge in [0, 0.05) is 10.4 Å². The molecular weight excluding hydrogens is 500 g/mol. The zero-order valence-corrected chi connectivity index (χ0v) is 20.5. The van der Waals surface area contributed by atoms with E-state index in [1.807, 2.05) is 30.3 Å². The van der Waals surface area contributed by atoms with Crippen LogP contribution in [0, 0.1) is 0 Å². The monoisotopic (exact) mass is 522 g/mol. The molecule has 0 aliphatic heterocycles. The second-order valence-corrected chi connectivity index (χ2v) is 10.1. The normalized spacial score (nSPS) is 17.3. The minimum Gasteiger partial charge on any atom is -0.507 e. The van der Waals surface area contributed by atoms with E-state index in [0.717, 1.165) is 22.9 Å². The number of rotatable bonds is 3. The lowest BCUT2D eigenvalue weighted by atomic mass is 9.72. The van der Waals surface area contributed by atoms with Gasteiger partial charge in [0.2, 0.25) is 0 Å². The first-order valence-corrected chi connectivity index (χ1v) is 12.6. The van der Waals surface area contributed by atoms with Gasteiger partial charge in [0.25, 0.3) is 0 Å². The molecule has 172 valence electrons. The van der Waals surface area contributed by atoms with Gasteiger partial charge >= 0.3 is 5.63 Å². The number of benzene rings is 4. The SMILES string of the molecule is O=c1oc2ccccc2c(O)c1[C@@H]1C[C@@H](c2ccc(-c3ccc(Br)cc3)cc2)Cc2ccccc21. The third kappa shape index (κ3) is 3.98. The fourth-order valence-corrected chi connectivity index (χ4v) is 5.66. The molecule has 1 heterocycles. The number of halogens is 1. The highest BCUT2D eigenvalue weighted by Gasteiger charge is 2.33. The average molecular weight is 523 g/mol. The van der Waals surface area contributed by atoms with Crippen LogP contribution in [0.4, 0.5) is 0 Å². The van der Waals surface area contributed by atoms with Crippen LogP contribution < -0.4 is 5.63 Å². The van der Waals surface area contributed by atoms with E-state index in [1.54, 1.807) is 18.2 Å². The molecule has 6 rings (SSSR count). The fraction of sp³-hybridized carbons (Fsp3) is 0.129. The van der Waals surface area contributed by atoms with Gasteiger partial charge in [0.15, 0.2) is 0 Å². The molecule has 0 saturated carbocycles. The van der Waals surface area contributed by atoms with Crippen molar-refractivity contribution in [1.82, 2.24) is 0 Å². The van der Waals surface area contributed by atoms with Gasteiger partial charge in [-0.3, -0.25) is 0 Å². The van der Waals surface area contributed by atoms with Gasteiger partial charge in [-0.25, -0.2) is 4.79 Å². The molecule has 0 unspecified atom stereocenters. The number of para-hydroxylation sites is 1. The van der Waals surface area contributed by atoms with E-state index in [1.165, 1.54) is 22.3 Å². The zero-order valence-electron chi connectivity index (χ0n) is 18.9. The lowest BCUT2D eigenvalue weighted by Crippen LogP contribution is -2.23. The minimum atomic E-state index is -0.466. The molecule has 0 fully saturated rings. The first-order chi connectivity index (χ1) is 17.1. The Hall–Kier alpha value is -3.63. The second-order valence-electron chi connectivity index (χ2n) is 9.17. The van der Waals surface area contributed by atoms with Gasteiger partial charge in [0.1, 0.15) is 11.3 Å². The molecule has 4 heteroatoms. The molecule has 4 aromatic carbocycles. The Morgan fingerprint density at radius 2 is 1.46 bits per heavy atom. The number of hydrogen-bond donors (Lipinski definition) is 1. The van der Waals surface area contributed by atoms with E-state index in [9.17, 15) is 9.90 Å². The highest BCUT2D eigenvalue weighted by Crippen LogP contribution is 2.45. The molecule has 0 spiro atoms. The standard InChI is InChI=1S/C31H23BrO3/c32-24-15-13-20(14-16-24)19-9-11-21(12-10-19)23-17-22-5-1-2-6-25(22)27(18-23)29-30(33)26-7-3-4-8-28(26)35-31(29)34/h1-16,23,27,33H,17-18H2/t23-,27+/m0/s1. The molecule has 35 heavy (non-hydrogen) atoms. The minimum absolute atomic E-state index is 0.0305. The molecule has 0 bridgehead atoms. The molecule has 0 amide bonds. The van der Waals surface area contributed by atoms with E-state index in [0.29, 0.717) is 16.5 Å². The van der Waals surface area contributed by atoms with Gasteiger partial charge in [-0.2, -0.15) is 0 Å². The lowest BCUT2D eigenvalue weighted by Gasteiger charge is -2.32. The summed E-state index contributed by atoms with van der Waals surface area (Å²) in [6, 6.07) is 32.4. The summed E-state index contributed by atoms with van der Waals surface area (Å²) in [5, 5.41) is 11.8. The Morgan fingerprint density at radius 3 is 2.23 bits per heavy atom. The summed E-state index contributed by atoms with van der Waals surface area (Å²) in [7, 11) is 0. The molecule has 3 nitrogen and oxygen atoms in total. The maximum Gasteiger partial charge on any atom is 0.343 e. The van der Waals surface area contributed by atoms with Gasteiger partial charge in [-0.05, 0) is 70.8 Å². The van der Waals surface area contributed by atoms with Gasteiger partial charge < -0.3 is 9.52 Å². The molecule has 1 aromatic heterocycles. The number of fused-ring (bicyclic) bond motifs is 2. The number of aromatic hydroxyl groups is 1. The van der Waals surface area contributed by atoms with Crippen molar-refractivity contribution in [1.29, 1.82) is 0 Å². The maximum atomic E-state index is 13.1. The predicted molar refractivity (Wildman–Crippen MR) is 143 cm³/mol. The Bertz CT molecular complexity index is 1580. The van der Waals surface area contributed by atoms with Crippen molar-refractivity contribution >= 4 is 26.9 Å². The van der Waals surface area contributed by atoms with Crippen LogP contribution in [0.2, 0.25) is 0 Å². The van der Waals surface area contributed by atoms with Crippen molar-refractivity contribution in [3.8, 4) is 16.9 Å². The highest BCUT2D eigenvalue weighted by molar-refractivity contribution is 9.10. The average Bonchev–Trinajstić information content (AvgIpc) is 2.89. The largest absolute Gasteiger partial charge is 0.507 e. The Kier molecular flexibility index (Phi) is 5.54. The predicted octanol–water partition coefficient (Wildman–Crippen LogP) is 7.79.